The van der Waals surface area contributed by atoms with E-state index >= 15 is 0 Å². The van der Waals surface area contributed by atoms with Crippen LogP contribution in [0.5, 0.6) is 0 Å². The molecule has 170 valence electrons. The van der Waals surface area contributed by atoms with Gasteiger partial charge in [-0.15, -0.1) is 11.3 Å². The minimum atomic E-state index is 1.14. The Hall–Kier alpha value is -4.40. The highest BCUT2D eigenvalue weighted by atomic mass is 32.1. The summed E-state index contributed by atoms with van der Waals surface area (Å²) in [5.74, 6) is 0. The zero-order chi connectivity index (χ0) is 23.9. The molecular formula is C34H23NS. The summed E-state index contributed by atoms with van der Waals surface area (Å²) in [6.07, 6.45) is 0. The summed E-state index contributed by atoms with van der Waals surface area (Å²) >= 11 is 1.86. The average Bonchev–Trinajstić information content (AvgIpc) is 3.32. The second-order valence-corrected chi connectivity index (χ2v) is 10.1. The van der Waals surface area contributed by atoms with Gasteiger partial charge >= 0.3 is 0 Å². The molecule has 1 nitrogen and oxygen atoms in total. The van der Waals surface area contributed by atoms with Crippen LogP contribution in [0.1, 0.15) is 0 Å². The monoisotopic (exact) mass is 477 g/mol. The first-order valence-electron chi connectivity index (χ1n) is 12.2. The standard InChI is InChI=1S/C34H23NS/c1-3-12-26(13-4-1)35(27-14-5-2-6-15-27)31-21-19-24-11-7-8-16-28(24)34(31)25-20-22-33-30(23-25)29-17-9-10-18-32(29)36-33/h1-23H. The molecule has 36 heavy (non-hydrogen) atoms. The van der Waals surface area contributed by atoms with Gasteiger partial charge in [-0.2, -0.15) is 0 Å². The minimum absolute atomic E-state index is 1.14. The molecule has 0 aliphatic heterocycles. The van der Waals surface area contributed by atoms with Crippen LogP contribution in [0.25, 0.3) is 42.1 Å². The van der Waals surface area contributed by atoms with Crippen molar-refractivity contribution in [3.8, 4) is 11.1 Å². The minimum Gasteiger partial charge on any atom is -0.310 e. The van der Waals surface area contributed by atoms with Crippen LogP contribution in [0.3, 0.4) is 0 Å². The third kappa shape index (κ3) is 3.46. The van der Waals surface area contributed by atoms with Crippen LogP contribution >= 0.6 is 11.3 Å². The molecule has 0 saturated heterocycles. The number of anilines is 3. The van der Waals surface area contributed by atoms with Crippen LogP contribution in [0.15, 0.2) is 140 Å². The molecule has 7 aromatic rings. The summed E-state index contributed by atoms with van der Waals surface area (Å²) in [7, 11) is 0. The number of fused-ring (bicyclic) bond motifs is 4. The molecule has 0 fully saturated rings. The second-order valence-electron chi connectivity index (χ2n) is 9.00. The molecule has 0 aliphatic carbocycles. The SMILES string of the molecule is c1ccc(N(c2ccccc2)c2ccc3ccccc3c2-c2ccc3sc4ccccc4c3c2)cc1. The highest BCUT2D eigenvalue weighted by molar-refractivity contribution is 7.25. The second kappa shape index (κ2) is 8.67. The van der Waals surface area contributed by atoms with Crippen LogP contribution in [0.4, 0.5) is 17.1 Å². The van der Waals surface area contributed by atoms with Gasteiger partial charge in [-0.3, -0.25) is 0 Å². The predicted molar refractivity (Wildman–Crippen MR) is 157 cm³/mol. The molecule has 0 radical (unpaired) electrons. The fourth-order valence-corrected chi connectivity index (χ4v) is 6.30. The zero-order valence-electron chi connectivity index (χ0n) is 19.6. The Morgan fingerprint density at radius 3 is 1.81 bits per heavy atom. The molecule has 0 aliphatic rings. The van der Waals surface area contributed by atoms with E-state index in [0.29, 0.717) is 0 Å². The van der Waals surface area contributed by atoms with Crippen molar-refractivity contribution in [2.24, 2.45) is 0 Å². The molecule has 7 rings (SSSR count). The first-order chi connectivity index (χ1) is 17.9. The number of nitrogens with zero attached hydrogens (tertiary/aromatic N) is 1. The van der Waals surface area contributed by atoms with Crippen molar-refractivity contribution in [2.45, 2.75) is 0 Å². The van der Waals surface area contributed by atoms with Crippen molar-refractivity contribution >= 4 is 59.3 Å². The quantitative estimate of drug-likeness (QED) is 0.244. The summed E-state index contributed by atoms with van der Waals surface area (Å²) in [6.45, 7) is 0. The fraction of sp³-hybridized carbons (Fsp3) is 0. The largest absolute Gasteiger partial charge is 0.310 e. The lowest BCUT2D eigenvalue weighted by atomic mass is 9.94. The molecule has 0 atom stereocenters. The maximum absolute atomic E-state index is 2.38. The molecular weight excluding hydrogens is 454 g/mol. The van der Waals surface area contributed by atoms with Crippen LogP contribution in [0, 0.1) is 0 Å². The van der Waals surface area contributed by atoms with E-state index in [9.17, 15) is 0 Å². The van der Waals surface area contributed by atoms with E-state index in [1.807, 2.05) is 11.3 Å². The summed E-state index contributed by atoms with van der Waals surface area (Å²) < 4.78 is 2.66. The van der Waals surface area contributed by atoms with Gasteiger partial charge in [0.25, 0.3) is 0 Å². The van der Waals surface area contributed by atoms with E-state index in [-0.39, 0.29) is 0 Å². The van der Waals surface area contributed by atoms with Gasteiger partial charge in [0, 0.05) is 37.1 Å². The molecule has 0 saturated carbocycles. The van der Waals surface area contributed by atoms with Crippen molar-refractivity contribution in [3.63, 3.8) is 0 Å². The fourth-order valence-electron chi connectivity index (χ4n) is 5.21. The molecule has 0 N–H and O–H groups in total. The first-order valence-corrected chi connectivity index (χ1v) is 13.0. The first kappa shape index (κ1) is 20.9. The Morgan fingerprint density at radius 1 is 0.444 bits per heavy atom. The van der Waals surface area contributed by atoms with Crippen LogP contribution in [-0.4, -0.2) is 0 Å². The maximum atomic E-state index is 2.38. The van der Waals surface area contributed by atoms with Crippen LogP contribution in [-0.2, 0) is 0 Å². The van der Waals surface area contributed by atoms with Crippen molar-refractivity contribution in [2.75, 3.05) is 4.90 Å². The van der Waals surface area contributed by atoms with Crippen molar-refractivity contribution in [1.82, 2.24) is 0 Å². The van der Waals surface area contributed by atoms with E-state index in [4.69, 9.17) is 0 Å². The third-order valence-corrected chi connectivity index (χ3v) is 7.99. The molecule has 6 aromatic carbocycles. The smallest absolute Gasteiger partial charge is 0.0546 e. The Kier molecular flexibility index (Phi) is 5.04. The molecule has 0 unspecified atom stereocenters. The average molecular weight is 478 g/mol. The summed E-state index contributed by atoms with van der Waals surface area (Å²) in [5.41, 5.74) is 5.93. The molecule has 0 bridgehead atoms. The van der Waals surface area contributed by atoms with Gasteiger partial charge in [0.15, 0.2) is 0 Å². The number of para-hydroxylation sites is 2. The highest BCUT2D eigenvalue weighted by Crippen LogP contribution is 2.45. The Bertz CT molecular complexity index is 1790. The molecule has 1 heterocycles. The number of thiophene rings is 1. The van der Waals surface area contributed by atoms with Crippen molar-refractivity contribution in [3.05, 3.63) is 140 Å². The van der Waals surface area contributed by atoms with E-state index in [2.05, 4.69) is 144 Å². The van der Waals surface area contributed by atoms with Gasteiger partial charge in [-0.1, -0.05) is 91.0 Å². The van der Waals surface area contributed by atoms with Crippen LogP contribution < -0.4 is 4.90 Å². The van der Waals surface area contributed by atoms with Gasteiger partial charge < -0.3 is 4.90 Å². The topological polar surface area (TPSA) is 3.24 Å². The van der Waals surface area contributed by atoms with E-state index in [1.54, 1.807) is 0 Å². The molecule has 2 heteroatoms. The highest BCUT2D eigenvalue weighted by Gasteiger charge is 2.19. The number of hydrogen-bond acceptors (Lipinski definition) is 2. The van der Waals surface area contributed by atoms with Gasteiger partial charge in [-0.05, 0) is 64.9 Å². The predicted octanol–water partition coefficient (Wildman–Crippen LogP) is 10.3. The lowest BCUT2D eigenvalue weighted by Crippen LogP contribution is -2.11. The van der Waals surface area contributed by atoms with Gasteiger partial charge in [-0.25, -0.2) is 0 Å². The summed E-state index contributed by atoms with van der Waals surface area (Å²) in [6, 6.07) is 50.2. The molecule has 1 aromatic heterocycles. The maximum Gasteiger partial charge on any atom is 0.0546 e. The van der Waals surface area contributed by atoms with E-state index < -0.39 is 0 Å². The molecule has 0 amide bonds. The lowest BCUT2D eigenvalue weighted by Gasteiger charge is -2.28. The Morgan fingerprint density at radius 2 is 1.06 bits per heavy atom. The lowest BCUT2D eigenvalue weighted by molar-refractivity contribution is 1.29. The van der Waals surface area contributed by atoms with Crippen molar-refractivity contribution in [1.29, 1.82) is 0 Å². The molecule has 0 spiro atoms. The van der Waals surface area contributed by atoms with E-state index in [0.717, 1.165) is 11.4 Å². The van der Waals surface area contributed by atoms with E-state index in [1.165, 1.54) is 47.8 Å². The zero-order valence-corrected chi connectivity index (χ0v) is 20.5. The van der Waals surface area contributed by atoms with Gasteiger partial charge in [0.05, 0.1) is 5.69 Å². The summed E-state index contributed by atoms with van der Waals surface area (Å²) in [5, 5.41) is 5.14. The summed E-state index contributed by atoms with van der Waals surface area (Å²) in [4.78, 5) is 2.37. The number of rotatable bonds is 4. The van der Waals surface area contributed by atoms with Gasteiger partial charge in [0.2, 0.25) is 0 Å². The third-order valence-electron chi connectivity index (χ3n) is 6.84. The Labute approximate surface area is 214 Å². The van der Waals surface area contributed by atoms with Gasteiger partial charge in [0.1, 0.15) is 0 Å². The van der Waals surface area contributed by atoms with Crippen LogP contribution in [0.2, 0.25) is 0 Å². The number of hydrogen-bond donors (Lipinski definition) is 0. The van der Waals surface area contributed by atoms with Crippen molar-refractivity contribution < 1.29 is 0 Å². The number of benzene rings is 6. The Balaban J connectivity index is 1.56. The normalized spacial score (nSPS) is 11.3.